The molecule has 2 heterocycles. The summed E-state index contributed by atoms with van der Waals surface area (Å²) in [6, 6.07) is 3.91. The lowest BCUT2D eigenvalue weighted by Gasteiger charge is -2.13. The third-order valence-corrected chi connectivity index (χ3v) is 5.16. The van der Waals surface area contributed by atoms with Gasteiger partial charge in [-0.3, -0.25) is 14.5 Å². The van der Waals surface area contributed by atoms with Gasteiger partial charge in [-0.15, -0.1) is 11.3 Å². The van der Waals surface area contributed by atoms with E-state index in [0.29, 0.717) is 22.2 Å². The van der Waals surface area contributed by atoms with Crippen LogP contribution in [-0.2, 0) is 9.59 Å². The van der Waals surface area contributed by atoms with Gasteiger partial charge >= 0.3 is 5.97 Å². The quantitative estimate of drug-likeness (QED) is 0.466. The van der Waals surface area contributed by atoms with Crippen molar-refractivity contribution in [1.29, 1.82) is 0 Å². The molecule has 1 N–H and O–H groups in total. The molecule has 1 aromatic rings. The molecule has 0 radical (unpaired) electrons. The second-order valence-corrected chi connectivity index (χ2v) is 7.21. The molecule has 0 saturated carbocycles. The summed E-state index contributed by atoms with van der Waals surface area (Å²) in [5, 5.41) is 10.5. The molecule has 21 heavy (non-hydrogen) atoms. The SMILES string of the molecule is O=C(O)CCCCCN1C(=O)/C(=C/c2cccs2)SC1=S. The minimum absolute atomic E-state index is 0.0448. The van der Waals surface area contributed by atoms with E-state index in [1.807, 2.05) is 23.6 Å². The third-order valence-electron chi connectivity index (χ3n) is 2.96. The van der Waals surface area contributed by atoms with Crippen molar-refractivity contribution in [3.8, 4) is 0 Å². The average Bonchev–Trinajstić information content (AvgIpc) is 3.01. The predicted octanol–water partition coefficient (Wildman–Crippen LogP) is 3.59. The van der Waals surface area contributed by atoms with Crippen molar-refractivity contribution in [3.05, 3.63) is 27.3 Å². The third kappa shape index (κ3) is 4.66. The largest absolute Gasteiger partial charge is 0.481 e. The maximum absolute atomic E-state index is 12.3. The number of unbranched alkanes of at least 4 members (excludes halogenated alkanes) is 2. The Labute approximate surface area is 136 Å². The molecule has 0 aromatic carbocycles. The number of hydrogen-bond donors (Lipinski definition) is 1. The fourth-order valence-corrected chi connectivity index (χ4v) is 3.95. The number of thioether (sulfide) groups is 1. The number of carbonyl (C=O) groups excluding carboxylic acids is 1. The highest BCUT2D eigenvalue weighted by molar-refractivity contribution is 8.26. The van der Waals surface area contributed by atoms with Gasteiger partial charge in [-0.25, -0.2) is 0 Å². The lowest BCUT2D eigenvalue weighted by molar-refractivity contribution is -0.137. The predicted molar refractivity (Wildman–Crippen MR) is 90.3 cm³/mol. The van der Waals surface area contributed by atoms with Crippen LogP contribution in [0.3, 0.4) is 0 Å². The molecule has 0 bridgehead atoms. The van der Waals surface area contributed by atoms with Gasteiger partial charge in [0.25, 0.3) is 5.91 Å². The monoisotopic (exact) mass is 341 g/mol. The van der Waals surface area contributed by atoms with Gasteiger partial charge in [-0.05, 0) is 30.4 Å². The number of thiocarbonyl (C=S) groups is 1. The van der Waals surface area contributed by atoms with Crippen LogP contribution in [0.2, 0.25) is 0 Å². The van der Waals surface area contributed by atoms with Crippen molar-refractivity contribution in [2.24, 2.45) is 0 Å². The number of aliphatic carboxylic acids is 1. The molecule has 0 unspecified atom stereocenters. The van der Waals surface area contributed by atoms with Crippen LogP contribution in [0.15, 0.2) is 22.4 Å². The zero-order valence-electron chi connectivity index (χ0n) is 11.3. The Bertz CT molecular complexity index is 566. The second kappa shape index (κ2) is 7.72. The van der Waals surface area contributed by atoms with Crippen LogP contribution in [0.4, 0.5) is 0 Å². The van der Waals surface area contributed by atoms with Crippen molar-refractivity contribution >= 4 is 57.6 Å². The number of amides is 1. The molecule has 1 aromatic heterocycles. The van der Waals surface area contributed by atoms with Gasteiger partial charge in [0.15, 0.2) is 0 Å². The fourth-order valence-electron chi connectivity index (χ4n) is 1.92. The van der Waals surface area contributed by atoms with Crippen LogP contribution in [0, 0.1) is 0 Å². The molecule has 1 aliphatic rings. The lowest BCUT2D eigenvalue weighted by atomic mass is 10.2. The highest BCUT2D eigenvalue weighted by atomic mass is 32.2. The standard InChI is InChI=1S/C14H15NO3S3/c16-12(17)6-2-1-3-7-15-13(18)11(21-14(15)19)9-10-5-4-8-20-10/h4-5,8-9H,1-3,6-7H2,(H,16,17)/b11-9-. The van der Waals surface area contributed by atoms with Gasteiger partial charge in [0.1, 0.15) is 4.32 Å². The first kappa shape index (κ1) is 16.2. The van der Waals surface area contributed by atoms with Gasteiger partial charge in [0, 0.05) is 17.8 Å². The molecule has 112 valence electrons. The molecule has 0 aliphatic carbocycles. The summed E-state index contributed by atoms with van der Waals surface area (Å²) < 4.78 is 0.584. The molecule has 0 spiro atoms. The summed E-state index contributed by atoms with van der Waals surface area (Å²) in [7, 11) is 0. The highest BCUT2D eigenvalue weighted by Crippen LogP contribution is 2.33. The Kier molecular flexibility index (Phi) is 5.96. The van der Waals surface area contributed by atoms with E-state index in [4.69, 9.17) is 17.3 Å². The number of rotatable bonds is 7. The van der Waals surface area contributed by atoms with E-state index in [9.17, 15) is 9.59 Å². The molecular weight excluding hydrogens is 326 g/mol. The van der Waals surface area contributed by atoms with E-state index in [-0.39, 0.29) is 12.3 Å². The first-order valence-electron chi connectivity index (χ1n) is 6.58. The zero-order valence-corrected chi connectivity index (χ0v) is 13.7. The summed E-state index contributed by atoms with van der Waals surface area (Å²) in [4.78, 5) is 26.0. The molecule has 1 amide bonds. The van der Waals surface area contributed by atoms with Crippen LogP contribution in [-0.4, -0.2) is 32.7 Å². The van der Waals surface area contributed by atoms with E-state index in [0.717, 1.165) is 17.7 Å². The summed E-state index contributed by atoms with van der Waals surface area (Å²) in [5.41, 5.74) is 0. The Morgan fingerprint density at radius 1 is 1.38 bits per heavy atom. The molecule has 1 aliphatic heterocycles. The second-order valence-electron chi connectivity index (χ2n) is 4.55. The number of carboxylic acids is 1. The van der Waals surface area contributed by atoms with E-state index < -0.39 is 5.97 Å². The van der Waals surface area contributed by atoms with Crippen molar-refractivity contribution in [3.63, 3.8) is 0 Å². The van der Waals surface area contributed by atoms with E-state index in [2.05, 4.69) is 0 Å². The Morgan fingerprint density at radius 2 is 2.19 bits per heavy atom. The Balaban J connectivity index is 1.86. The van der Waals surface area contributed by atoms with Crippen LogP contribution >= 0.6 is 35.3 Å². The summed E-state index contributed by atoms with van der Waals surface area (Å²) in [6.45, 7) is 0.562. The van der Waals surface area contributed by atoms with Gasteiger partial charge in [0.05, 0.1) is 4.91 Å². The zero-order chi connectivity index (χ0) is 15.2. The first-order valence-corrected chi connectivity index (χ1v) is 8.69. The molecule has 7 heteroatoms. The Morgan fingerprint density at radius 3 is 2.86 bits per heavy atom. The molecule has 1 fully saturated rings. The van der Waals surface area contributed by atoms with Crippen molar-refractivity contribution in [1.82, 2.24) is 4.90 Å². The molecule has 1 saturated heterocycles. The van der Waals surface area contributed by atoms with Crippen LogP contribution in [0.1, 0.15) is 30.6 Å². The van der Waals surface area contributed by atoms with E-state index >= 15 is 0 Å². The average molecular weight is 341 g/mol. The van der Waals surface area contributed by atoms with Crippen LogP contribution < -0.4 is 0 Å². The van der Waals surface area contributed by atoms with E-state index in [1.165, 1.54) is 11.8 Å². The van der Waals surface area contributed by atoms with Gasteiger partial charge < -0.3 is 5.11 Å². The normalized spacial score (nSPS) is 17.0. The number of carboxylic acid groups (broad SMARTS) is 1. The van der Waals surface area contributed by atoms with Crippen molar-refractivity contribution in [2.75, 3.05) is 6.54 Å². The smallest absolute Gasteiger partial charge is 0.303 e. The maximum Gasteiger partial charge on any atom is 0.303 e. The molecule has 4 nitrogen and oxygen atoms in total. The molecule has 2 rings (SSSR count). The fraction of sp³-hybridized carbons (Fsp3) is 0.357. The number of carbonyl (C=O) groups is 2. The maximum atomic E-state index is 12.3. The molecular formula is C14H15NO3S3. The van der Waals surface area contributed by atoms with Crippen LogP contribution in [0.25, 0.3) is 6.08 Å². The summed E-state index contributed by atoms with van der Waals surface area (Å²) in [5.74, 6) is -0.823. The van der Waals surface area contributed by atoms with Crippen LogP contribution in [0.5, 0.6) is 0 Å². The first-order chi connectivity index (χ1) is 10.1. The topological polar surface area (TPSA) is 57.6 Å². The minimum Gasteiger partial charge on any atom is -0.481 e. The van der Waals surface area contributed by atoms with Gasteiger partial charge in [-0.2, -0.15) is 0 Å². The number of nitrogens with zero attached hydrogens (tertiary/aromatic N) is 1. The Hall–Kier alpha value is -1.18. The minimum atomic E-state index is -0.778. The van der Waals surface area contributed by atoms with Crippen molar-refractivity contribution < 1.29 is 14.7 Å². The number of thiophene rings is 1. The summed E-state index contributed by atoms with van der Waals surface area (Å²) in [6.07, 6.45) is 4.24. The summed E-state index contributed by atoms with van der Waals surface area (Å²) >= 11 is 8.16. The van der Waals surface area contributed by atoms with E-state index in [1.54, 1.807) is 16.2 Å². The van der Waals surface area contributed by atoms with Gasteiger partial charge in [-0.1, -0.05) is 36.5 Å². The highest BCUT2D eigenvalue weighted by Gasteiger charge is 2.31. The van der Waals surface area contributed by atoms with Crippen molar-refractivity contribution in [2.45, 2.75) is 25.7 Å². The number of hydrogen-bond acceptors (Lipinski definition) is 5. The lowest BCUT2D eigenvalue weighted by Crippen LogP contribution is -2.29. The molecule has 0 atom stereocenters. The van der Waals surface area contributed by atoms with Gasteiger partial charge in [0.2, 0.25) is 0 Å².